The molecule has 19 heavy (non-hydrogen) atoms. The van der Waals surface area contributed by atoms with Gasteiger partial charge in [-0.15, -0.1) is 0 Å². The van der Waals surface area contributed by atoms with Gasteiger partial charge in [-0.2, -0.15) is 5.10 Å². The van der Waals surface area contributed by atoms with Crippen LogP contribution in [0.25, 0.3) is 0 Å². The van der Waals surface area contributed by atoms with E-state index in [1.807, 2.05) is 31.5 Å². The van der Waals surface area contributed by atoms with Crippen LogP contribution < -0.4 is 11.1 Å². The third kappa shape index (κ3) is 3.80. The van der Waals surface area contributed by atoms with Crippen LogP contribution in [-0.4, -0.2) is 28.3 Å². The van der Waals surface area contributed by atoms with Crippen molar-refractivity contribution in [2.45, 2.75) is 52.1 Å². The minimum Gasteiger partial charge on any atom is -0.354 e. The lowest BCUT2D eigenvalue weighted by Crippen LogP contribution is -2.39. The second-order valence-corrected chi connectivity index (χ2v) is 5.73. The molecular weight excluding hydrogens is 240 g/mol. The summed E-state index contributed by atoms with van der Waals surface area (Å²) < 4.78 is 1.91. The van der Waals surface area contributed by atoms with Crippen molar-refractivity contribution in [3.8, 4) is 0 Å². The first-order valence-electron chi connectivity index (χ1n) is 7.02. The first-order valence-corrected chi connectivity index (χ1v) is 7.02. The van der Waals surface area contributed by atoms with Crippen molar-refractivity contribution in [3.63, 3.8) is 0 Å². The van der Waals surface area contributed by atoms with Crippen LogP contribution in [0.15, 0.2) is 6.07 Å². The molecule has 0 saturated heterocycles. The minimum absolute atomic E-state index is 0.0520. The van der Waals surface area contributed by atoms with E-state index in [0.717, 1.165) is 11.4 Å². The Morgan fingerprint density at radius 1 is 1.58 bits per heavy atom. The van der Waals surface area contributed by atoms with Crippen molar-refractivity contribution in [1.82, 2.24) is 15.1 Å². The van der Waals surface area contributed by atoms with Gasteiger partial charge in [-0.05, 0) is 45.6 Å². The average Bonchev–Trinajstić information content (AvgIpc) is 3.12. The van der Waals surface area contributed by atoms with Crippen LogP contribution >= 0.6 is 0 Å². The maximum Gasteiger partial charge on any atom is 0.222 e. The number of nitrogens with one attached hydrogen (secondary N) is 1. The molecule has 2 rings (SSSR count). The molecule has 1 aliphatic carbocycles. The van der Waals surface area contributed by atoms with Crippen molar-refractivity contribution in [1.29, 1.82) is 0 Å². The standard InChI is InChI=1S/C14H24N4O/c1-9-6-10(2)18(17-9)11(3)7-14(19)16-8-13(15)12-4-5-12/h6,11-13H,4-5,7-8,15H2,1-3H3,(H,16,19). The van der Waals surface area contributed by atoms with Gasteiger partial charge in [0.1, 0.15) is 0 Å². The fourth-order valence-corrected chi connectivity index (χ4v) is 2.44. The topological polar surface area (TPSA) is 72.9 Å². The fraction of sp³-hybridized carbons (Fsp3) is 0.714. The largest absolute Gasteiger partial charge is 0.354 e. The smallest absolute Gasteiger partial charge is 0.222 e. The number of aryl methyl sites for hydroxylation is 2. The zero-order valence-corrected chi connectivity index (χ0v) is 12.0. The Morgan fingerprint density at radius 2 is 2.26 bits per heavy atom. The van der Waals surface area contributed by atoms with Crippen molar-refractivity contribution in [2.75, 3.05) is 6.54 Å². The second-order valence-electron chi connectivity index (χ2n) is 5.73. The summed E-state index contributed by atoms with van der Waals surface area (Å²) in [7, 11) is 0. The van der Waals surface area contributed by atoms with Gasteiger partial charge in [0.05, 0.1) is 11.7 Å². The lowest BCUT2D eigenvalue weighted by molar-refractivity contribution is -0.121. The summed E-state index contributed by atoms with van der Waals surface area (Å²) in [4.78, 5) is 11.9. The van der Waals surface area contributed by atoms with Crippen LogP contribution in [-0.2, 0) is 4.79 Å². The van der Waals surface area contributed by atoms with Crippen molar-refractivity contribution in [2.24, 2.45) is 11.7 Å². The van der Waals surface area contributed by atoms with E-state index in [4.69, 9.17) is 5.73 Å². The third-order valence-corrected chi connectivity index (χ3v) is 3.71. The molecule has 0 spiro atoms. The summed E-state index contributed by atoms with van der Waals surface area (Å²) in [5.41, 5.74) is 8.04. The zero-order valence-electron chi connectivity index (χ0n) is 12.0. The van der Waals surface area contributed by atoms with Gasteiger partial charge in [0.15, 0.2) is 0 Å². The Balaban J connectivity index is 1.79. The van der Waals surface area contributed by atoms with Crippen LogP contribution in [0.5, 0.6) is 0 Å². The number of carbonyl (C=O) groups excluding carboxylic acids is 1. The molecule has 3 N–H and O–H groups in total. The van der Waals surface area contributed by atoms with E-state index in [-0.39, 0.29) is 18.0 Å². The monoisotopic (exact) mass is 264 g/mol. The molecule has 1 aromatic rings. The molecule has 0 bridgehead atoms. The van der Waals surface area contributed by atoms with E-state index in [9.17, 15) is 4.79 Å². The number of nitrogens with two attached hydrogens (primary N) is 1. The maximum absolute atomic E-state index is 11.9. The van der Waals surface area contributed by atoms with Crippen molar-refractivity contribution < 1.29 is 4.79 Å². The van der Waals surface area contributed by atoms with E-state index < -0.39 is 0 Å². The highest BCUT2D eigenvalue weighted by Crippen LogP contribution is 2.31. The van der Waals surface area contributed by atoms with Gasteiger partial charge >= 0.3 is 0 Å². The molecule has 2 atom stereocenters. The number of rotatable bonds is 6. The highest BCUT2D eigenvalue weighted by molar-refractivity contribution is 5.76. The minimum atomic E-state index is 0.0520. The van der Waals surface area contributed by atoms with E-state index in [0.29, 0.717) is 18.9 Å². The van der Waals surface area contributed by atoms with E-state index >= 15 is 0 Å². The maximum atomic E-state index is 11.9. The summed E-state index contributed by atoms with van der Waals surface area (Å²) in [6.45, 7) is 6.58. The first kappa shape index (κ1) is 14.1. The Morgan fingerprint density at radius 3 is 2.79 bits per heavy atom. The molecule has 5 nitrogen and oxygen atoms in total. The van der Waals surface area contributed by atoms with E-state index in [1.54, 1.807) is 0 Å². The number of carbonyl (C=O) groups is 1. The average molecular weight is 264 g/mol. The van der Waals surface area contributed by atoms with Gasteiger partial charge in [0, 0.05) is 24.7 Å². The Labute approximate surface area is 114 Å². The number of hydrogen-bond acceptors (Lipinski definition) is 3. The first-order chi connectivity index (χ1) is 8.97. The second kappa shape index (κ2) is 5.74. The molecule has 2 unspecified atom stereocenters. The normalized spacial score (nSPS) is 18.1. The molecule has 1 aromatic heterocycles. The lowest BCUT2D eigenvalue weighted by atomic mass is 10.2. The van der Waals surface area contributed by atoms with Crippen molar-refractivity contribution >= 4 is 5.91 Å². The van der Waals surface area contributed by atoms with Crippen LogP contribution in [0, 0.1) is 19.8 Å². The SMILES string of the molecule is Cc1cc(C)n(C(C)CC(=O)NCC(N)C2CC2)n1. The molecule has 1 saturated carbocycles. The summed E-state index contributed by atoms with van der Waals surface area (Å²) >= 11 is 0. The Bertz CT molecular complexity index is 450. The van der Waals surface area contributed by atoms with E-state index in [1.165, 1.54) is 12.8 Å². The van der Waals surface area contributed by atoms with Crippen LogP contribution in [0.4, 0.5) is 0 Å². The zero-order chi connectivity index (χ0) is 14.0. The predicted molar refractivity (Wildman–Crippen MR) is 74.7 cm³/mol. The van der Waals surface area contributed by atoms with Gasteiger partial charge in [-0.1, -0.05) is 0 Å². The molecule has 1 fully saturated rings. The summed E-state index contributed by atoms with van der Waals surface area (Å²) in [6, 6.07) is 2.22. The predicted octanol–water partition coefficient (Wildman–Crippen LogP) is 1.30. The van der Waals surface area contributed by atoms with E-state index in [2.05, 4.69) is 10.4 Å². The molecule has 1 aliphatic rings. The van der Waals surface area contributed by atoms with Gasteiger partial charge in [0.25, 0.3) is 0 Å². The van der Waals surface area contributed by atoms with Crippen LogP contribution in [0.1, 0.15) is 43.6 Å². The molecule has 106 valence electrons. The van der Waals surface area contributed by atoms with Gasteiger partial charge in [0.2, 0.25) is 5.91 Å². The number of hydrogen-bond donors (Lipinski definition) is 2. The Kier molecular flexibility index (Phi) is 4.24. The molecule has 1 amide bonds. The molecule has 1 heterocycles. The lowest BCUT2D eigenvalue weighted by Gasteiger charge is -2.16. The summed E-state index contributed by atoms with van der Waals surface area (Å²) in [5.74, 6) is 0.671. The molecule has 0 radical (unpaired) electrons. The van der Waals surface area contributed by atoms with Crippen LogP contribution in [0.3, 0.4) is 0 Å². The highest BCUT2D eigenvalue weighted by Gasteiger charge is 2.28. The highest BCUT2D eigenvalue weighted by atomic mass is 16.1. The third-order valence-electron chi connectivity index (χ3n) is 3.71. The number of amides is 1. The van der Waals surface area contributed by atoms with Gasteiger partial charge in [-0.25, -0.2) is 0 Å². The van der Waals surface area contributed by atoms with Crippen LogP contribution in [0.2, 0.25) is 0 Å². The number of nitrogens with zero attached hydrogens (tertiary/aromatic N) is 2. The number of aromatic nitrogens is 2. The fourth-order valence-electron chi connectivity index (χ4n) is 2.44. The van der Waals surface area contributed by atoms with Gasteiger partial charge in [-0.3, -0.25) is 9.48 Å². The molecule has 5 heteroatoms. The molecule has 0 aromatic carbocycles. The van der Waals surface area contributed by atoms with Gasteiger partial charge < -0.3 is 11.1 Å². The summed E-state index contributed by atoms with van der Waals surface area (Å²) in [5, 5.41) is 7.33. The molecule has 0 aliphatic heterocycles. The Hall–Kier alpha value is -1.36. The van der Waals surface area contributed by atoms with Crippen molar-refractivity contribution in [3.05, 3.63) is 17.5 Å². The quantitative estimate of drug-likeness (QED) is 0.813. The summed E-state index contributed by atoms with van der Waals surface area (Å²) in [6.07, 6.45) is 2.86. The molecular formula is C14H24N4O.